The molecular weight excluding hydrogens is 144 g/mol. The lowest BCUT2D eigenvalue weighted by Crippen LogP contribution is -2.25. The van der Waals surface area contributed by atoms with E-state index in [0.29, 0.717) is 13.2 Å². The molecule has 0 saturated carbocycles. The van der Waals surface area contributed by atoms with Crippen LogP contribution in [0.15, 0.2) is 12.7 Å². The first kappa shape index (κ1) is 8.27. The van der Waals surface area contributed by atoms with Crippen LogP contribution in [-0.2, 0) is 14.3 Å². The molecule has 1 saturated heterocycles. The van der Waals surface area contributed by atoms with E-state index in [1.165, 1.54) is 6.08 Å². The van der Waals surface area contributed by atoms with Gasteiger partial charge in [-0.3, -0.25) is 0 Å². The van der Waals surface area contributed by atoms with Crippen LogP contribution in [0.4, 0.5) is 0 Å². The third-order valence-electron chi connectivity index (χ3n) is 1.62. The predicted molar refractivity (Wildman–Crippen MR) is 40.1 cm³/mol. The summed E-state index contributed by atoms with van der Waals surface area (Å²) in [6.45, 7) is 4.70. The van der Waals surface area contributed by atoms with E-state index in [1.54, 1.807) is 0 Å². The van der Waals surface area contributed by atoms with E-state index >= 15 is 0 Å². The summed E-state index contributed by atoms with van der Waals surface area (Å²) in [5, 5.41) is 0. The molecule has 0 spiro atoms. The van der Waals surface area contributed by atoms with Gasteiger partial charge < -0.3 is 9.47 Å². The molecule has 1 heterocycles. The molecule has 3 heteroatoms. The van der Waals surface area contributed by atoms with Crippen molar-refractivity contribution in [2.24, 2.45) is 0 Å². The van der Waals surface area contributed by atoms with E-state index in [1.807, 2.05) is 0 Å². The van der Waals surface area contributed by atoms with Crippen molar-refractivity contribution >= 4 is 5.97 Å². The lowest BCUT2D eigenvalue weighted by molar-refractivity contribution is -0.146. The molecule has 0 aliphatic carbocycles. The number of hydrogen-bond acceptors (Lipinski definition) is 3. The quantitative estimate of drug-likeness (QED) is 0.440. The van der Waals surface area contributed by atoms with Gasteiger partial charge in [-0.05, 0) is 0 Å². The average Bonchev–Trinajstić information content (AvgIpc) is 2.06. The molecule has 1 aliphatic heterocycles. The molecule has 1 rings (SSSR count). The molecule has 0 amide bonds. The van der Waals surface area contributed by atoms with Gasteiger partial charge in [0.2, 0.25) is 0 Å². The highest BCUT2D eigenvalue weighted by Crippen LogP contribution is 2.10. The summed E-state index contributed by atoms with van der Waals surface area (Å²) < 4.78 is 10.1. The minimum Gasteiger partial charge on any atom is -0.459 e. The number of carbonyl (C=O) groups excluding carboxylic acids is 1. The van der Waals surface area contributed by atoms with Crippen molar-refractivity contribution in [3.8, 4) is 0 Å². The van der Waals surface area contributed by atoms with Crippen molar-refractivity contribution in [3.63, 3.8) is 0 Å². The minimum absolute atomic E-state index is 0.0363. The van der Waals surface area contributed by atoms with E-state index in [-0.39, 0.29) is 12.1 Å². The second-order valence-corrected chi connectivity index (χ2v) is 2.45. The smallest absolute Gasteiger partial charge is 0.330 e. The Morgan fingerprint density at radius 3 is 2.73 bits per heavy atom. The first-order valence-electron chi connectivity index (χ1n) is 3.73. The van der Waals surface area contributed by atoms with Crippen molar-refractivity contribution < 1.29 is 14.3 Å². The van der Waals surface area contributed by atoms with Crippen molar-refractivity contribution in [1.29, 1.82) is 0 Å². The molecule has 0 bridgehead atoms. The van der Waals surface area contributed by atoms with Crippen LogP contribution in [-0.4, -0.2) is 25.3 Å². The van der Waals surface area contributed by atoms with E-state index in [2.05, 4.69) is 6.58 Å². The Labute approximate surface area is 66.0 Å². The third kappa shape index (κ3) is 2.72. The molecule has 62 valence electrons. The van der Waals surface area contributed by atoms with Crippen LogP contribution >= 0.6 is 0 Å². The van der Waals surface area contributed by atoms with Crippen LogP contribution in [0.5, 0.6) is 0 Å². The molecule has 0 aromatic heterocycles. The van der Waals surface area contributed by atoms with Gasteiger partial charge in [0, 0.05) is 18.9 Å². The van der Waals surface area contributed by atoms with Crippen LogP contribution in [0, 0.1) is 0 Å². The molecule has 0 aromatic rings. The molecule has 1 aliphatic rings. The SMILES string of the molecule is C=CC(=O)OC1CCOCC1. The maximum atomic E-state index is 10.7. The Morgan fingerprint density at radius 2 is 2.18 bits per heavy atom. The highest BCUT2D eigenvalue weighted by molar-refractivity contribution is 5.81. The fourth-order valence-corrected chi connectivity index (χ4v) is 1.01. The van der Waals surface area contributed by atoms with Gasteiger partial charge in [-0.25, -0.2) is 4.79 Å². The average molecular weight is 156 g/mol. The maximum Gasteiger partial charge on any atom is 0.330 e. The number of hydrogen-bond donors (Lipinski definition) is 0. The summed E-state index contributed by atoms with van der Waals surface area (Å²) >= 11 is 0. The third-order valence-corrected chi connectivity index (χ3v) is 1.62. The van der Waals surface area contributed by atoms with E-state index in [4.69, 9.17) is 9.47 Å². The van der Waals surface area contributed by atoms with Crippen LogP contribution in [0.3, 0.4) is 0 Å². The highest BCUT2D eigenvalue weighted by Gasteiger charge is 2.16. The Bertz CT molecular complexity index is 147. The van der Waals surface area contributed by atoms with Gasteiger partial charge in [-0.2, -0.15) is 0 Å². The molecule has 3 nitrogen and oxygen atoms in total. The first-order chi connectivity index (χ1) is 5.33. The van der Waals surface area contributed by atoms with Crippen molar-refractivity contribution in [3.05, 3.63) is 12.7 Å². The molecule has 0 N–H and O–H groups in total. The van der Waals surface area contributed by atoms with Crippen LogP contribution in [0.25, 0.3) is 0 Å². The molecule has 0 radical (unpaired) electrons. The van der Waals surface area contributed by atoms with Crippen LogP contribution < -0.4 is 0 Å². The lowest BCUT2D eigenvalue weighted by Gasteiger charge is -2.21. The summed E-state index contributed by atoms with van der Waals surface area (Å²) in [6, 6.07) is 0. The van der Waals surface area contributed by atoms with Crippen LogP contribution in [0.1, 0.15) is 12.8 Å². The fraction of sp³-hybridized carbons (Fsp3) is 0.625. The zero-order valence-electron chi connectivity index (χ0n) is 6.41. The zero-order chi connectivity index (χ0) is 8.10. The monoisotopic (exact) mass is 156 g/mol. The highest BCUT2D eigenvalue weighted by atomic mass is 16.5. The minimum atomic E-state index is -0.336. The summed E-state index contributed by atoms with van der Waals surface area (Å²) in [5.74, 6) is -0.336. The van der Waals surface area contributed by atoms with Gasteiger partial charge in [-0.1, -0.05) is 6.58 Å². The van der Waals surface area contributed by atoms with Crippen molar-refractivity contribution in [2.45, 2.75) is 18.9 Å². The maximum absolute atomic E-state index is 10.7. The van der Waals surface area contributed by atoms with Crippen LogP contribution in [0.2, 0.25) is 0 Å². The summed E-state index contributed by atoms with van der Waals surface area (Å²) in [4.78, 5) is 10.7. The van der Waals surface area contributed by atoms with Gasteiger partial charge >= 0.3 is 5.97 Å². The summed E-state index contributed by atoms with van der Waals surface area (Å²) in [7, 11) is 0. The fourth-order valence-electron chi connectivity index (χ4n) is 1.01. The number of ether oxygens (including phenoxy) is 2. The Morgan fingerprint density at radius 1 is 1.55 bits per heavy atom. The number of carbonyl (C=O) groups is 1. The van der Waals surface area contributed by atoms with Gasteiger partial charge in [0.15, 0.2) is 0 Å². The normalized spacial score (nSPS) is 19.3. The number of esters is 1. The summed E-state index contributed by atoms with van der Waals surface area (Å²) in [6.07, 6.45) is 2.84. The predicted octanol–water partition coefficient (Wildman–Crippen LogP) is 0.895. The second-order valence-electron chi connectivity index (χ2n) is 2.45. The van der Waals surface area contributed by atoms with Gasteiger partial charge in [-0.15, -0.1) is 0 Å². The molecular formula is C8H12O3. The van der Waals surface area contributed by atoms with Gasteiger partial charge in [0.1, 0.15) is 6.10 Å². The van der Waals surface area contributed by atoms with Gasteiger partial charge in [0.05, 0.1) is 13.2 Å². The van der Waals surface area contributed by atoms with Crippen molar-refractivity contribution in [2.75, 3.05) is 13.2 Å². The topological polar surface area (TPSA) is 35.5 Å². The Hall–Kier alpha value is -0.830. The second kappa shape index (κ2) is 4.13. The molecule has 0 atom stereocenters. The molecule has 11 heavy (non-hydrogen) atoms. The van der Waals surface area contributed by atoms with Crippen molar-refractivity contribution in [1.82, 2.24) is 0 Å². The Kier molecular flexibility index (Phi) is 3.11. The van der Waals surface area contributed by atoms with E-state index in [0.717, 1.165) is 12.8 Å². The lowest BCUT2D eigenvalue weighted by atomic mass is 10.2. The molecule has 0 aromatic carbocycles. The van der Waals surface area contributed by atoms with E-state index in [9.17, 15) is 4.79 Å². The zero-order valence-corrected chi connectivity index (χ0v) is 6.41. The van der Waals surface area contributed by atoms with Gasteiger partial charge in [0.25, 0.3) is 0 Å². The Balaban J connectivity index is 2.24. The standard InChI is InChI=1S/C8H12O3/c1-2-8(9)11-7-3-5-10-6-4-7/h2,7H,1,3-6H2. The summed E-state index contributed by atoms with van der Waals surface area (Å²) in [5.41, 5.74) is 0. The largest absolute Gasteiger partial charge is 0.459 e. The number of rotatable bonds is 2. The first-order valence-corrected chi connectivity index (χ1v) is 3.73. The molecule has 1 fully saturated rings. The van der Waals surface area contributed by atoms with E-state index < -0.39 is 0 Å². The molecule has 0 unspecified atom stereocenters.